The van der Waals surface area contributed by atoms with Gasteiger partial charge in [0.1, 0.15) is 11.6 Å². The quantitative estimate of drug-likeness (QED) is 0.838. The minimum atomic E-state index is -0.627. The highest BCUT2D eigenvalue weighted by Gasteiger charge is 2.26. The van der Waals surface area contributed by atoms with Crippen molar-refractivity contribution < 1.29 is 13.9 Å². The average Bonchev–Trinajstić information content (AvgIpc) is 2.22. The van der Waals surface area contributed by atoms with Crippen molar-refractivity contribution in [3.8, 4) is 0 Å². The fourth-order valence-electron chi connectivity index (χ4n) is 1.41. The van der Waals surface area contributed by atoms with Crippen LogP contribution in [0, 0.1) is 17.0 Å². The van der Waals surface area contributed by atoms with Gasteiger partial charge in [0.2, 0.25) is 0 Å². The van der Waals surface area contributed by atoms with E-state index in [9.17, 15) is 13.9 Å². The summed E-state index contributed by atoms with van der Waals surface area (Å²) in [5.74, 6) is -1.18. The summed E-state index contributed by atoms with van der Waals surface area (Å²) in [5.41, 5.74) is 0.0938. The first-order chi connectivity index (χ1) is 7.36. The first-order valence-electron chi connectivity index (χ1n) is 5.49. The zero-order chi connectivity index (χ0) is 12.3. The molecule has 0 aliphatic carbocycles. The molecule has 1 nitrogen and oxygen atoms in total. The maximum atomic E-state index is 13.4. The van der Waals surface area contributed by atoms with Gasteiger partial charge in [0.05, 0.1) is 6.10 Å². The van der Waals surface area contributed by atoms with Crippen molar-refractivity contribution in [1.29, 1.82) is 0 Å². The Bertz CT molecular complexity index is 361. The van der Waals surface area contributed by atoms with Crippen molar-refractivity contribution in [2.24, 2.45) is 5.41 Å². The highest BCUT2D eigenvalue weighted by molar-refractivity contribution is 5.19. The molecular weight excluding hydrogens is 210 g/mol. The molecule has 0 aliphatic rings. The lowest BCUT2D eigenvalue weighted by Crippen LogP contribution is -2.30. The lowest BCUT2D eigenvalue weighted by molar-refractivity contribution is 0.0473. The van der Waals surface area contributed by atoms with Crippen LogP contribution < -0.4 is 0 Å². The highest BCUT2D eigenvalue weighted by atomic mass is 19.1. The standard InChI is InChI=1S/C13H18F2O/c1-4-13(2,3)12(16)7-9-5-6-10(14)8-11(9)15/h5-6,8,12,16H,4,7H2,1-3H3. The normalized spacial score (nSPS) is 13.9. The van der Waals surface area contributed by atoms with Crippen LogP contribution in [0.3, 0.4) is 0 Å². The van der Waals surface area contributed by atoms with E-state index in [1.54, 1.807) is 0 Å². The van der Waals surface area contributed by atoms with Crippen LogP contribution in [0.4, 0.5) is 8.78 Å². The topological polar surface area (TPSA) is 20.2 Å². The van der Waals surface area contributed by atoms with Gasteiger partial charge < -0.3 is 5.11 Å². The molecule has 0 radical (unpaired) electrons. The molecule has 0 aliphatic heterocycles. The van der Waals surface area contributed by atoms with E-state index in [0.717, 1.165) is 12.5 Å². The van der Waals surface area contributed by atoms with E-state index in [0.29, 0.717) is 5.56 Å². The lowest BCUT2D eigenvalue weighted by atomic mass is 9.81. The van der Waals surface area contributed by atoms with E-state index in [-0.39, 0.29) is 11.8 Å². The van der Waals surface area contributed by atoms with E-state index in [4.69, 9.17) is 0 Å². The summed E-state index contributed by atoms with van der Waals surface area (Å²) in [7, 11) is 0. The zero-order valence-corrected chi connectivity index (χ0v) is 9.93. The lowest BCUT2D eigenvalue weighted by Gasteiger charge is -2.29. The molecular formula is C13H18F2O. The number of aliphatic hydroxyl groups excluding tert-OH is 1. The van der Waals surface area contributed by atoms with Gasteiger partial charge in [-0.25, -0.2) is 8.78 Å². The Morgan fingerprint density at radius 3 is 2.44 bits per heavy atom. The van der Waals surface area contributed by atoms with Crippen LogP contribution in [-0.4, -0.2) is 11.2 Å². The molecule has 0 saturated carbocycles. The maximum absolute atomic E-state index is 13.4. The van der Waals surface area contributed by atoms with Crippen LogP contribution in [0.2, 0.25) is 0 Å². The van der Waals surface area contributed by atoms with E-state index >= 15 is 0 Å². The van der Waals surface area contributed by atoms with Crippen molar-refractivity contribution in [3.63, 3.8) is 0 Å². The second-order valence-electron chi connectivity index (χ2n) is 4.80. The summed E-state index contributed by atoms with van der Waals surface area (Å²) in [6.07, 6.45) is 0.390. The summed E-state index contributed by atoms with van der Waals surface area (Å²) in [6.45, 7) is 5.84. The van der Waals surface area contributed by atoms with Gasteiger partial charge in [-0.05, 0) is 23.5 Å². The first kappa shape index (κ1) is 13.1. The molecule has 1 aromatic carbocycles. The average molecular weight is 228 g/mol. The molecule has 0 spiro atoms. The Morgan fingerprint density at radius 1 is 1.31 bits per heavy atom. The molecule has 0 fully saturated rings. The molecule has 1 aromatic rings. The number of benzene rings is 1. The second-order valence-corrected chi connectivity index (χ2v) is 4.80. The summed E-state index contributed by atoms with van der Waals surface area (Å²) in [5, 5.41) is 9.96. The predicted molar refractivity (Wildman–Crippen MR) is 60.1 cm³/mol. The minimum absolute atomic E-state index is 0.215. The molecule has 90 valence electrons. The SMILES string of the molecule is CCC(C)(C)C(O)Cc1ccc(F)cc1F. The molecule has 16 heavy (non-hydrogen) atoms. The van der Waals surface area contributed by atoms with Crippen molar-refractivity contribution in [3.05, 3.63) is 35.4 Å². The number of halogens is 2. The Balaban J connectivity index is 2.81. The summed E-state index contributed by atoms with van der Waals surface area (Å²) in [6, 6.07) is 3.45. The largest absolute Gasteiger partial charge is 0.392 e. The van der Waals surface area contributed by atoms with E-state index in [2.05, 4.69) is 0 Å². The van der Waals surface area contributed by atoms with Crippen molar-refractivity contribution in [2.45, 2.75) is 39.7 Å². The first-order valence-corrected chi connectivity index (χ1v) is 5.49. The predicted octanol–water partition coefficient (Wildman–Crippen LogP) is 3.30. The summed E-state index contributed by atoms with van der Waals surface area (Å²) < 4.78 is 26.0. The zero-order valence-electron chi connectivity index (χ0n) is 9.93. The molecule has 0 amide bonds. The van der Waals surface area contributed by atoms with Gasteiger partial charge in [-0.3, -0.25) is 0 Å². The number of rotatable bonds is 4. The maximum Gasteiger partial charge on any atom is 0.129 e. The van der Waals surface area contributed by atoms with Gasteiger partial charge in [0, 0.05) is 12.5 Å². The van der Waals surface area contributed by atoms with Gasteiger partial charge in [-0.15, -0.1) is 0 Å². The third-order valence-electron chi connectivity index (χ3n) is 3.24. The summed E-state index contributed by atoms with van der Waals surface area (Å²) in [4.78, 5) is 0. The molecule has 0 bridgehead atoms. The van der Waals surface area contributed by atoms with Gasteiger partial charge in [0.15, 0.2) is 0 Å². The molecule has 0 aromatic heterocycles. The van der Waals surface area contributed by atoms with Crippen LogP contribution in [0.15, 0.2) is 18.2 Å². The Labute approximate surface area is 95.1 Å². The van der Waals surface area contributed by atoms with Crippen molar-refractivity contribution >= 4 is 0 Å². The third-order valence-corrected chi connectivity index (χ3v) is 3.24. The van der Waals surface area contributed by atoms with Crippen molar-refractivity contribution in [2.75, 3.05) is 0 Å². The highest BCUT2D eigenvalue weighted by Crippen LogP contribution is 2.27. The fourth-order valence-corrected chi connectivity index (χ4v) is 1.41. The van der Waals surface area contributed by atoms with Crippen molar-refractivity contribution in [1.82, 2.24) is 0 Å². The Hall–Kier alpha value is -0.960. The molecule has 1 rings (SSSR count). The van der Waals surface area contributed by atoms with Gasteiger partial charge >= 0.3 is 0 Å². The number of hydrogen-bond donors (Lipinski definition) is 1. The van der Waals surface area contributed by atoms with E-state index in [1.165, 1.54) is 12.1 Å². The number of aliphatic hydroxyl groups is 1. The van der Waals surface area contributed by atoms with Gasteiger partial charge in [-0.2, -0.15) is 0 Å². The van der Waals surface area contributed by atoms with Gasteiger partial charge in [-0.1, -0.05) is 26.8 Å². The summed E-state index contributed by atoms with van der Waals surface area (Å²) >= 11 is 0. The second kappa shape index (κ2) is 4.91. The van der Waals surface area contributed by atoms with E-state index in [1.807, 2.05) is 20.8 Å². The van der Waals surface area contributed by atoms with E-state index < -0.39 is 17.7 Å². The molecule has 1 atom stereocenters. The molecule has 1 unspecified atom stereocenters. The smallest absolute Gasteiger partial charge is 0.129 e. The van der Waals surface area contributed by atoms with Crippen LogP contribution >= 0.6 is 0 Å². The van der Waals surface area contributed by atoms with Crippen LogP contribution in [0.25, 0.3) is 0 Å². The minimum Gasteiger partial charge on any atom is -0.392 e. The van der Waals surface area contributed by atoms with Crippen LogP contribution in [-0.2, 0) is 6.42 Å². The number of hydrogen-bond acceptors (Lipinski definition) is 1. The monoisotopic (exact) mass is 228 g/mol. The third kappa shape index (κ3) is 3.01. The molecule has 1 N–H and O–H groups in total. The van der Waals surface area contributed by atoms with Gasteiger partial charge in [0.25, 0.3) is 0 Å². The Morgan fingerprint density at radius 2 is 1.94 bits per heavy atom. The fraction of sp³-hybridized carbons (Fsp3) is 0.538. The molecule has 3 heteroatoms. The van der Waals surface area contributed by atoms with Crippen LogP contribution in [0.5, 0.6) is 0 Å². The van der Waals surface area contributed by atoms with Crippen LogP contribution in [0.1, 0.15) is 32.8 Å². The molecule has 0 saturated heterocycles. The Kier molecular flexibility index (Phi) is 4.03. The molecule has 0 heterocycles.